The van der Waals surface area contributed by atoms with Gasteiger partial charge in [-0.05, 0) is 24.5 Å². The molecule has 0 spiro atoms. The summed E-state index contributed by atoms with van der Waals surface area (Å²) in [5.41, 5.74) is 6.45. The fraction of sp³-hybridized carbons (Fsp3) is 0.429. The van der Waals surface area contributed by atoms with Gasteiger partial charge in [0.2, 0.25) is 0 Å². The molecule has 1 unspecified atom stereocenters. The summed E-state index contributed by atoms with van der Waals surface area (Å²) in [5.74, 6) is 0.985. The Hall–Kier alpha value is -1.54. The second-order valence-electron chi connectivity index (χ2n) is 5.02. The van der Waals surface area contributed by atoms with E-state index in [0.717, 1.165) is 23.8 Å². The molecule has 0 saturated carbocycles. The second-order valence-corrected chi connectivity index (χ2v) is 7.29. The van der Waals surface area contributed by atoms with E-state index in [1.165, 1.54) is 12.1 Å². The van der Waals surface area contributed by atoms with E-state index in [0.29, 0.717) is 22.1 Å². The van der Waals surface area contributed by atoms with Gasteiger partial charge in [-0.15, -0.1) is 0 Å². The van der Waals surface area contributed by atoms with Gasteiger partial charge in [-0.25, -0.2) is 4.39 Å². The van der Waals surface area contributed by atoms with Gasteiger partial charge in [-0.1, -0.05) is 13.8 Å². The summed E-state index contributed by atoms with van der Waals surface area (Å²) in [6.07, 6.45) is 0.866. The highest BCUT2D eigenvalue weighted by molar-refractivity contribution is 8.30. The van der Waals surface area contributed by atoms with Gasteiger partial charge >= 0.3 is 0 Å². The van der Waals surface area contributed by atoms with Gasteiger partial charge in [0.15, 0.2) is 0 Å². The Labute approximate surface area is 115 Å². The summed E-state index contributed by atoms with van der Waals surface area (Å²) in [4.78, 5) is 5.00. The minimum atomic E-state index is -0.827. The van der Waals surface area contributed by atoms with Crippen molar-refractivity contribution in [3.8, 4) is 6.07 Å². The summed E-state index contributed by atoms with van der Waals surface area (Å²) >= 11 is 0. The Morgan fingerprint density at radius 2 is 2.26 bits per heavy atom. The number of anilines is 1. The van der Waals surface area contributed by atoms with Gasteiger partial charge in [-0.3, -0.25) is 4.99 Å². The van der Waals surface area contributed by atoms with Crippen LogP contribution in [0.15, 0.2) is 22.0 Å². The van der Waals surface area contributed by atoms with Crippen LogP contribution in [-0.4, -0.2) is 17.3 Å². The van der Waals surface area contributed by atoms with E-state index in [-0.39, 0.29) is 5.82 Å². The molecule has 102 valence electrons. The molecular formula is C14H18FN3S. The number of halogens is 1. The molecule has 0 aliphatic carbocycles. The van der Waals surface area contributed by atoms with E-state index >= 15 is 0 Å². The van der Waals surface area contributed by atoms with Crippen LogP contribution in [0.5, 0.6) is 0 Å². The molecule has 5 heteroatoms. The zero-order valence-electron chi connectivity index (χ0n) is 11.2. The zero-order chi connectivity index (χ0) is 14.0. The monoisotopic (exact) mass is 279 g/mol. The van der Waals surface area contributed by atoms with Crippen LogP contribution in [0.25, 0.3) is 0 Å². The van der Waals surface area contributed by atoms with Gasteiger partial charge in [0.05, 0.1) is 16.3 Å². The van der Waals surface area contributed by atoms with Crippen molar-refractivity contribution < 1.29 is 4.39 Å². The van der Waals surface area contributed by atoms with E-state index in [1.807, 2.05) is 0 Å². The van der Waals surface area contributed by atoms with E-state index in [1.54, 1.807) is 0 Å². The second kappa shape index (κ2) is 5.62. The molecule has 19 heavy (non-hydrogen) atoms. The van der Waals surface area contributed by atoms with Crippen molar-refractivity contribution in [3.05, 3.63) is 23.5 Å². The van der Waals surface area contributed by atoms with Crippen LogP contribution >= 0.6 is 10.9 Å². The number of nitrogen functional groups attached to an aromatic ring is 1. The Morgan fingerprint density at radius 3 is 2.89 bits per heavy atom. The maximum atomic E-state index is 14.1. The summed E-state index contributed by atoms with van der Waals surface area (Å²) < 4.78 is 14.1. The van der Waals surface area contributed by atoms with Crippen molar-refractivity contribution in [2.45, 2.75) is 25.2 Å². The first kappa shape index (κ1) is 13.9. The third-order valence-electron chi connectivity index (χ3n) is 3.06. The van der Waals surface area contributed by atoms with Gasteiger partial charge in [0.25, 0.3) is 0 Å². The molecule has 0 radical (unpaired) electrons. The molecule has 0 amide bonds. The summed E-state index contributed by atoms with van der Waals surface area (Å²) in [7, 11) is -0.827. The summed E-state index contributed by atoms with van der Waals surface area (Å²) in [6.45, 7) is 4.97. The number of hydrogen-bond donors (Lipinski definition) is 2. The number of nitrogens with two attached hydrogens (primary N) is 1. The Morgan fingerprint density at radius 1 is 1.53 bits per heavy atom. The zero-order valence-corrected chi connectivity index (χ0v) is 12.0. The number of nitriles is 1. The Balaban J connectivity index is 2.45. The van der Waals surface area contributed by atoms with E-state index in [2.05, 4.69) is 24.9 Å². The van der Waals surface area contributed by atoms with Crippen LogP contribution in [0.3, 0.4) is 0 Å². The lowest BCUT2D eigenvalue weighted by atomic mass is 10.1. The first-order valence-corrected chi connectivity index (χ1v) is 7.86. The highest BCUT2D eigenvalue weighted by Gasteiger charge is 2.26. The molecule has 1 aromatic carbocycles. The first-order chi connectivity index (χ1) is 9.04. The minimum Gasteiger partial charge on any atom is -0.398 e. The minimum absolute atomic E-state index is 0.296. The predicted octanol–water partition coefficient (Wildman–Crippen LogP) is 3.10. The van der Waals surface area contributed by atoms with Crippen LogP contribution < -0.4 is 5.73 Å². The number of thiol groups is 1. The average Bonchev–Trinajstić information content (AvgIpc) is 2.78. The normalized spacial score (nSPS) is 20.4. The summed E-state index contributed by atoms with van der Waals surface area (Å²) in [5, 5.41) is 10.3. The lowest BCUT2D eigenvalue weighted by Crippen LogP contribution is -2.06. The van der Waals surface area contributed by atoms with Crippen LogP contribution in [0.1, 0.15) is 25.8 Å². The maximum Gasteiger partial charge on any atom is 0.136 e. The highest BCUT2D eigenvalue weighted by atomic mass is 32.2. The maximum absolute atomic E-state index is 14.1. The van der Waals surface area contributed by atoms with E-state index in [9.17, 15) is 9.65 Å². The lowest BCUT2D eigenvalue weighted by molar-refractivity contribution is 0.601. The molecular weight excluding hydrogens is 261 g/mol. The molecule has 0 aromatic heterocycles. The molecule has 1 heterocycles. The average molecular weight is 279 g/mol. The van der Waals surface area contributed by atoms with Crippen molar-refractivity contribution in [1.82, 2.24) is 0 Å². The number of benzene rings is 1. The van der Waals surface area contributed by atoms with E-state index < -0.39 is 10.9 Å². The topological polar surface area (TPSA) is 62.2 Å². The Kier molecular flexibility index (Phi) is 4.11. The molecule has 0 saturated heterocycles. The molecule has 2 N–H and O–H groups in total. The van der Waals surface area contributed by atoms with Crippen LogP contribution in [-0.2, 0) is 0 Å². The van der Waals surface area contributed by atoms with Gasteiger partial charge in [0, 0.05) is 17.2 Å². The molecule has 1 aromatic rings. The van der Waals surface area contributed by atoms with E-state index in [4.69, 9.17) is 5.73 Å². The standard InChI is InChI=1S/C14H18FN3S/c1-9(2)7-13-18-5-6-19(13)14-10(8-16)12(17)4-3-11(14)15/h3-4,9,19H,5-7,17H2,1-2H3. The highest BCUT2D eigenvalue weighted by Crippen LogP contribution is 2.46. The van der Waals surface area contributed by atoms with Crippen molar-refractivity contribution in [1.29, 1.82) is 5.26 Å². The third-order valence-corrected chi connectivity index (χ3v) is 5.63. The number of aliphatic imine (C=N–C) groups is 1. The van der Waals surface area contributed by atoms with Gasteiger partial charge < -0.3 is 5.73 Å². The first-order valence-electron chi connectivity index (χ1n) is 6.33. The van der Waals surface area contributed by atoms with Crippen LogP contribution in [0, 0.1) is 23.1 Å². The largest absolute Gasteiger partial charge is 0.398 e. The molecule has 1 aliphatic heterocycles. The number of hydrogen-bond acceptors (Lipinski definition) is 3. The molecule has 3 nitrogen and oxygen atoms in total. The molecule has 1 atom stereocenters. The molecule has 0 bridgehead atoms. The fourth-order valence-electron chi connectivity index (χ4n) is 2.24. The summed E-state index contributed by atoms with van der Waals surface area (Å²) in [6, 6.07) is 4.87. The predicted molar refractivity (Wildman–Crippen MR) is 79.4 cm³/mol. The number of nitrogens with zero attached hydrogens (tertiary/aromatic N) is 2. The third kappa shape index (κ3) is 2.74. The SMILES string of the molecule is CC(C)CC1=NCC[SH]1c1c(F)ccc(N)c1C#N. The van der Waals surface area contributed by atoms with Crippen LogP contribution in [0.2, 0.25) is 0 Å². The van der Waals surface area contributed by atoms with Gasteiger partial charge in [0.1, 0.15) is 11.9 Å². The quantitative estimate of drug-likeness (QED) is 0.659. The fourth-order valence-corrected chi connectivity index (χ4v) is 4.91. The Bertz CT molecular complexity index is 561. The van der Waals surface area contributed by atoms with Crippen molar-refractivity contribution >= 4 is 21.6 Å². The smallest absolute Gasteiger partial charge is 0.136 e. The number of rotatable bonds is 3. The molecule has 1 aliphatic rings. The molecule has 2 rings (SSSR count). The molecule has 0 fully saturated rings. The van der Waals surface area contributed by atoms with Crippen molar-refractivity contribution in [2.75, 3.05) is 18.0 Å². The van der Waals surface area contributed by atoms with Crippen molar-refractivity contribution in [3.63, 3.8) is 0 Å². The van der Waals surface area contributed by atoms with Crippen LogP contribution in [0.4, 0.5) is 10.1 Å². The lowest BCUT2D eigenvalue weighted by Gasteiger charge is -2.21. The van der Waals surface area contributed by atoms with Gasteiger partial charge in [-0.2, -0.15) is 16.2 Å². The van der Waals surface area contributed by atoms with Crippen molar-refractivity contribution in [2.24, 2.45) is 10.9 Å².